The number of carbonyl (C=O) groups excluding carboxylic acids is 1. The highest BCUT2D eigenvalue weighted by atomic mass is 19.1. The van der Waals surface area contributed by atoms with E-state index in [1.54, 1.807) is 0 Å². The molecule has 0 unspecified atom stereocenters. The maximum Gasteiger partial charge on any atom is 0.306 e. The maximum atomic E-state index is 13.0. The summed E-state index contributed by atoms with van der Waals surface area (Å²) in [6.45, 7) is 2.37. The molecule has 0 radical (unpaired) electrons. The number of hydrogen-bond acceptors (Lipinski definition) is 3. The van der Waals surface area contributed by atoms with Gasteiger partial charge in [-0.05, 0) is 12.5 Å². The summed E-state index contributed by atoms with van der Waals surface area (Å²) in [7, 11) is 0. The molecule has 0 saturated heterocycles. The van der Waals surface area contributed by atoms with Gasteiger partial charge in [-0.2, -0.15) is 0 Å². The van der Waals surface area contributed by atoms with E-state index < -0.39 is 5.82 Å². The van der Waals surface area contributed by atoms with Crippen LogP contribution in [0, 0.1) is 5.82 Å². The zero-order valence-corrected chi connectivity index (χ0v) is 17.9. The van der Waals surface area contributed by atoms with Crippen LogP contribution in [0.3, 0.4) is 0 Å². The summed E-state index contributed by atoms with van der Waals surface area (Å²) in [6.07, 6.45) is 22.7. The molecule has 0 atom stereocenters. The molecule has 0 saturated carbocycles. The third-order valence-electron chi connectivity index (χ3n) is 5.15. The predicted molar refractivity (Wildman–Crippen MR) is 114 cm³/mol. The second kappa shape index (κ2) is 17.6. The minimum atomic E-state index is -0.407. The first-order chi connectivity index (χ1) is 13.7. The number of esters is 1. The predicted octanol–water partition coefficient (Wildman–Crippen LogP) is 7.53. The first-order valence-corrected chi connectivity index (χ1v) is 11.5. The monoisotopic (exact) mass is 393 g/mol. The van der Waals surface area contributed by atoms with Gasteiger partial charge in [0.2, 0.25) is 0 Å². The van der Waals surface area contributed by atoms with Gasteiger partial charge in [-0.15, -0.1) is 0 Å². The van der Waals surface area contributed by atoms with Gasteiger partial charge in [0, 0.05) is 18.2 Å². The molecule has 0 spiro atoms. The lowest BCUT2D eigenvalue weighted by atomic mass is 10.0. The summed E-state index contributed by atoms with van der Waals surface area (Å²) >= 11 is 0. The molecule has 4 heteroatoms. The lowest BCUT2D eigenvalue weighted by Gasteiger charge is -2.05. The highest BCUT2D eigenvalue weighted by Gasteiger charge is 2.04. The van der Waals surface area contributed by atoms with E-state index in [0.29, 0.717) is 12.0 Å². The summed E-state index contributed by atoms with van der Waals surface area (Å²) in [5, 5.41) is 0. The number of rotatable bonds is 18. The van der Waals surface area contributed by atoms with E-state index in [0.717, 1.165) is 19.0 Å². The van der Waals surface area contributed by atoms with E-state index >= 15 is 0 Å². The highest BCUT2D eigenvalue weighted by molar-refractivity contribution is 5.69. The zero-order valence-electron chi connectivity index (χ0n) is 17.9. The van der Waals surface area contributed by atoms with Gasteiger partial charge in [0.1, 0.15) is 12.4 Å². The lowest BCUT2D eigenvalue weighted by molar-refractivity contribution is -0.145. The summed E-state index contributed by atoms with van der Waals surface area (Å²) in [4.78, 5) is 15.4. The van der Waals surface area contributed by atoms with Crippen molar-refractivity contribution in [2.75, 3.05) is 0 Å². The average Bonchev–Trinajstić information content (AvgIpc) is 2.69. The van der Waals surface area contributed by atoms with Gasteiger partial charge < -0.3 is 4.74 Å². The van der Waals surface area contributed by atoms with Gasteiger partial charge in [0.25, 0.3) is 0 Å². The van der Waals surface area contributed by atoms with Crippen molar-refractivity contribution in [2.24, 2.45) is 0 Å². The van der Waals surface area contributed by atoms with E-state index in [1.807, 2.05) is 0 Å². The van der Waals surface area contributed by atoms with Crippen LogP contribution in [0.15, 0.2) is 18.5 Å². The standard InChI is InChI=1S/C24H40FNO2/c1-2-3-4-5-6-7-8-9-10-11-12-13-14-15-16-17-24(27)28-21-22-18-23(25)20-26-19-22/h18-20H,2-17,21H2,1H3. The Kier molecular flexibility index (Phi) is 15.5. The molecule has 0 N–H and O–H groups in total. The Morgan fingerprint density at radius 2 is 1.32 bits per heavy atom. The summed E-state index contributed by atoms with van der Waals surface area (Å²) in [5.74, 6) is -0.616. The molecule has 0 aliphatic rings. The molecule has 1 aromatic rings. The Balaban J connectivity index is 1.80. The number of hydrogen-bond donors (Lipinski definition) is 0. The molecule has 160 valence electrons. The first kappa shape index (κ1) is 24.6. The van der Waals surface area contributed by atoms with Crippen LogP contribution < -0.4 is 0 Å². The molecule has 0 fully saturated rings. The van der Waals surface area contributed by atoms with Crippen LogP contribution in [0.25, 0.3) is 0 Å². The number of pyridine rings is 1. The van der Waals surface area contributed by atoms with Crippen molar-refractivity contribution in [1.82, 2.24) is 4.98 Å². The van der Waals surface area contributed by atoms with Crippen LogP contribution >= 0.6 is 0 Å². The van der Waals surface area contributed by atoms with Crippen molar-refractivity contribution in [3.05, 3.63) is 29.8 Å². The zero-order chi connectivity index (χ0) is 20.3. The SMILES string of the molecule is CCCCCCCCCCCCCCCCCC(=O)OCc1cncc(F)c1. The fourth-order valence-corrected chi connectivity index (χ4v) is 3.41. The fourth-order valence-electron chi connectivity index (χ4n) is 3.41. The molecule has 1 aromatic heterocycles. The van der Waals surface area contributed by atoms with Crippen LogP contribution in [-0.4, -0.2) is 11.0 Å². The highest BCUT2D eigenvalue weighted by Crippen LogP contribution is 2.14. The van der Waals surface area contributed by atoms with Crippen molar-refractivity contribution in [3.63, 3.8) is 0 Å². The van der Waals surface area contributed by atoms with E-state index in [1.165, 1.54) is 95.7 Å². The normalized spacial score (nSPS) is 10.9. The fraction of sp³-hybridized carbons (Fsp3) is 0.750. The average molecular weight is 394 g/mol. The van der Waals surface area contributed by atoms with Crippen LogP contribution in [0.1, 0.15) is 115 Å². The molecule has 28 heavy (non-hydrogen) atoms. The summed E-state index contributed by atoms with van der Waals surface area (Å²) in [6, 6.07) is 1.34. The molecular weight excluding hydrogens is 353 g/mol. The van der Waals surface area contributed by atoms with E-state index in [4.69, 9.17) is 4.74 Å². The number of carbonyl (C=O) groups is 1. The Morgan fingerprint density at radius 3 is 1.82 bits per heavy atom. The third kappa shape index (κ3) is 14.6. The van der Waals surface area contributed by atoms with Crippen molar-refractivity contribution >= 4 is 5.97 Å². The number of unbranched alkanes of at least 4 members (excludes halogenated alkanes) is 14. The second-order valence-electron chi connectivity index (χ2n) is 7.87. The van der Waals surface area contributed by atoms with Crippen LogP contribution in [0.4, 0.5) is 4.39 Å². The third-order valence-corrected chi connectivity index (χ3v) is 5.15. The van der Waals surface area contributed by atoms with E-state index in [2.05, 4.69) is 11.9 Å². The Hall–Kier alpha value is -1.45. The number of aromatic nitrogens is 1. The Morgan fingerprint density at radius 1 is 0.821 bits per heavy atom. The van der Waals surface area contributed by atoms with Crippen LogP contribution in [0.2, 0.25) is 0 Å². The minimum Gasteiger partial charge on any atom is -0.461 e. The smallest absolute Gasteiger partial charge is 0.306 e. The van der Waals surface area contributed by atoms with Crippen molar-refractivity contribution in [3.8, 4) is 0 Å². The minimum absolute atomic E-state index is 0.0995. The van der Waals surface area contributed by atoms with E-state index in [-0.39, 0.29) is 12.6 Å². The molecule has 0 bridgehead atoms. The van der Waals surface area contributed by atoms with Crippen LogP contribution in [0.5, 0.6) is 0 Å². The summed E-state index contributed by atoms with van der Waals surface area (Å²) in [5.41, 5.74) is 0.588. The number of halogens is 1. The molecule has 0 aliphatic carbocycles. The lowest BCUT2D eigenvalue weighted by Crippen LogP contribution is -2.04. The van der Waals surface area contributed by atoms with Gasteiger partial charge in [0.15, 0.2) is 0 Å². The molecule has 1 rings (SSSR count). The molecule has 0 aromatic carbocycles. The quantitative estimate of drug-likeness (QED) is 0.191. The molecule has 0 amide bonds. The van der Waals surface area contributed by atoms with Crippen molar-refractivity contribution in [1.29, 1.82) is 0 Å². The van der Waals surface area contributed by atoms with E-state index in [9.17, 15) is 9.18 Å². The van der Waals surface area contributed by atoms with Crippen molar-refractivity contribution < 1.29 is 13.9 Å². The molecular formula is C24H40FNO2. The van der Waals surface area contributed by atoms with Crippen LogP contribution in [-0.2, 0) is 16.1 Å². The van der Waals surface area contributed by atoms with Crippen molar-refractivity contribution in [2.45, 2.75) is 116 Å². The molecule has 0 aliphatic heterocycles. The largest absolute Gasteiger partial charge is 0.461 e. The summed E-state index contributed by atoms with van der Waals surface area (Å²) < 4.78 is 18.2. The Labute approximate surface area is 171 Å². The number of nitrogens with zero attached hydrogens (tertiary/aromatic N) is 1. The first-order valence-electron chi connectivity index (χ1n) is 11.5. The topological polar surface area (TPSA) is 39.2 Å². The van der Waals surface area contributed by atoms with Gasteiger partial charge in [-0.1, -0.05) is 96.8 Å². The van der Waals surface area contributed by atoms with Gasteiger partial charge in [-0.3, -0.25) is 9.78 Å². The van der Waals surface area contributed by atoms with Gasteiger partial charge >= 0.3 is 5.97 Å². The molecule has 3 nitrogen and oxygen atoms in total. The molecule has 1 heterocycles. The maximum absolute atomic E-state index is 13.0. The number of ether oxygens (including phenoxy) is 1. The van der Waals surface area contributed by atoms with Gasteiger partial charge in [-0.25, -0.2) is 4.39 Å². The second-order valence-corrected chi connectivity index (χ2v) is 7.87. The van der Waals surface area contributed by atoms with Gasteiger partial charge in [0.05, 0.1) is 6.20 Å². The Bertz CT molecular complexity index is 507.